The number of aryl methyl sites for hydroxylation is 1. The number of hydrogen-bond acceptors (Lipinski definition) is 2. The molecule has 0 amide bonds. The molecular formula is C18H27NO. The van der Waals surface area contributed by atoms with Crippen molar-refractivity contribution in [2.24, 2.45) is 5.41 Å². The number of para-hydroxylation sites is 1. The average molecular weight is 273 g/mol. The summed E-state index contributed by atoms with van der Waals surface area (Å²) in [6.45, 7) is 10.2. The van der Waals surface area contributed by atoms with Gasteiger partial charge in [-0.3, -0.25) is 0 Å². The zero-order chi connectivity index (χ0) is 14.6. The lowest BCUT2D eigenvalue weighted by atomic mass is 9.83. The molecule has 20 heavy (non-hydrogen) atoms. The molecule has 2 rings (SSSR count). The molecule has 1 unspecified atom stereocenters. The van der Waals surface area contributed by atoms with Gasteiger partial charge >= 0.3 is 0 Å². The summed E-state index contributed by atoms with van der Waals surface area (Å²) >= 11 is 0. The van der Waals surface area contributed by atoms with Crippen LogP contribution >= 0.6 is 0 Å². The van der Waals surface area contributed by atoms with Crippen LogP contribution in [0.15, 0.2) is 34.7 Å². The minimum atomic E-state index is 0.279. The maximum atomic E-state index is 5.91. The molecule has 1 aromatic heterocycles. The molecule has 110 valence electrons. The van der Waals surface area contributed by atoms with Crippen molar-refractivity contribution >= 4 is 11.0 Å². The molecule has 2 nitrogen and oxygen atoms in total. The van der Waals surface area contributed by atoms with Crippen LogP contribution in [0.2, 0.25) is 0 Å². The van der Waals surface area contributed by atoms with Crippen molar-refractivity contribution in [1.82, 2.24) is 5.32 Å². The molecule has 1 atom stereocenters. The maximum Gasteiger partial charge on any atom is 0.134 e. The van der Waals surface area contributed by atoms with Crippen molar-refractivity contribution in [3.8, 4) is 0 Å². The summed E-state index contributed by atoms with van der Waals surface area (Å²) in [7, 11) is 0. The van der Waals surface area contributed by atoms with E-state index in [0.717, 1.165) is 30.7 Å². The summed E-state index contributed by atoms with van der Waals surface area (Å²) in [6, 6.07) is 10.9. The fraction of sp³-hybridized carbons (Fsp3) is 0.556. The van der Waals surface area contributed by atoms with E-state index >= 15 is 0 Å². The predicted molar refractivity (Wildman–Crippen MR) is 86.1 cm³/mol. The summed E-state index contributed by atoms with van der Waals surface area (Å²) in [5, 5.41) is 4.88. The molecule has 1 heterocycles. The number of furan rings is 1. The highest BCUT2D eigenvalue weighted by Crippen LogP contribution is 2.25. The third-order valence-electron chi connectivity index (χ3n) is 3.84. The van der Waals surface area contributed by atoms with Crippen LogP contribution in [0.25, 0.3) is 11.0 Å². The van der Waals surface area contributed by atoms with Gasteiger partial charge in [-0.05, 0) is 36.9 Å². The Hall–Kier alpha value is -1.28. The largest absolute Gasteiger partial charge is 0.461 e. The predicted octanol–water partition coefficient (Wildman–Crippen LogP) is 4.78. The second-order valence-electron chi connectivity index (χ2n) is 6.66. The standard InChI is InChI=1S/C18H27NO/c1-5-12-19-17(18(2,3)4)11-10-15-13-14-8-6-7-9-16(14)20-15/h6-9,13,17,19H,5,10-12H2,1-4H3. The molecule has 0 aliphatic carbocycles. The van der Waals surface area contributed by atoms with Gasteiger partial charge in [-0.25, -0.2) is 0 Å². The Labute approximate surface area is 122 Å². The van der Waals surface area contributed by atoms with Gasteiger partial charge in [0.2, 0.25) is 0 Å². The normalized spacial score (nSPS) is 13.8. The number of fused-ring (bicyclic) bond motifs is 1. The molecule has 0 aliphatic rings. The van der Waals surface area contributed by atoms with Crippen molar-refractivity contribution in [3.63, 3.8) is 0 Å². The van der Waals surface area contributed by atoms with Crippen LogP contribution in [0.4, 0.5) is 0 Å². The van der Waals surface area contributed by atoms with Crippen LogP contribution in [0.5, 0.6) is 0 Å². The van der Waals surface area contributed by atoms with Crippen LogP contribution in [0.3, 0.4) is 0 Å². The molecule has 2 aromatic rings. The van der Waals surface area contributed by atoms with Crippen LogP contribution in [0.1, 0.15) is 46.3 Å². The Morgan fingerprint density at radius 1 is 1.20 bits per heavy atom. The Morgan fingerprint density at radius 3 is 2.60 bits per heavy atom. The van der Waals surface area contributed by atoms with Gasteiger partial charge in [0.1, 0.15) is 11.3 Å². The third-order valence-corrected chi connectivity index (χ3v) is 3.84. The lowest BCUT2D eigenvalue weighted by molar-refractivity contribution is 0.252. The molecule has 0 fully saturated rings. The van der Waals surface area contributed by atoms with Crippen molar-refractivity contribution in [2.45, 2.75) is 53.0 Å². The summed E-state index contributed by atoms with van der Waals surface area (Å²) < 4.78 is 5.91. The summed E-state index contributed by atoms with van der Waals surface area (Å²) in [6.07, 6.45) is 3.29. The fourth-order valence-electron chi connectivity index (χ4n) is 2.61. The summed E-state index contributed by atoms with van der Waals surface area (Å²) in [5.74, 6) is 1.10. The van der Waals surface area contributed by atoms with E-state index in [1.54, 1.807) is 0 Å². The van der Waals surface area contributed by atoms with Gasteiger partial charge in [0, 0.05) is 17.8 Å². The topological polar surface area (TPSA) is 25.2 Å². The van der Waals surface area contributed by atoms with Crippen molar-refractivity contribution in [2.75, 3.05) is 6.54 Å². The van der Waals surface area contributed by atoms with Crippen molar-refractivity contribution in [3.05, 3.63) is 36.1 Å². The first-order chi connectivity index (χ1) is 9.50. The lowest BCUT2D eigenvalue weighted by Gasteiger charge is -2.31. The molecule has 0 radical (unpaired) electrons. The first-order valence-electron chi connectivity index (χ1n) is 7.71. The maximum absolute atomic E-state index is 5.91. The molecule has 1 N–H and O–H groups in total. The van der Waals surface area contributed by atoms with E-state index in [1.807, 2.05) is 12.1 Å². The highest BCUT2D eigenvalue weighted by molar-refractivity contribution is 5.77. The molecular weight excluding hydrogens is 246 g/mol. The smallest absolute Gasteiger partial charge is 0.134 e. The Morgan fingerprint density at radius 2 is 1.95 bits per heavy atom. The van der Waals surface area contributed by atoms with Crippen LogP contribution in [-0.2, 0) is 6.42 Å². The molecule has 0 spiro atoms. The van der Waals surface area contributed by atoms with Crippen LogP contribution < -0.4 is 5.32 Å². The highest BCUT2D eigenvalue weighted by atomic mass is 16.3. The van der Waals surface area contributed by atoms with Gasteiger partial charge in [0.05, 0.1) is 0 Å². The Bertz CT molecular complexity index is 503. The second kappa shape index (κ2) is 6.45. The first-order valence-corrected chi connectivity index (χ1v) is 7.71. The number of nitrogens with one attached hydrogen (secondary N) is 1. The van der Waals surface area contributed by atoms with Gasteiger partial charge in [0.15, 0.2) is 0 Å². The quantitative estimate of drug-likeness (QED) is 0.819. The molecule has 1 aromatic carbocycles. The average Bonchev–Trinajstić information content (AvgIpc) is 2.79. The molecule has 0 saturated carbocycles. The summed E-state index contributed by atoms with van der Waals surface area (Å²) in [4.78, 5) is 0. The summed E-state index contributed by atoms with van der Waals surface area (Å²) in [5.41, 5.74) is 1.28. The molecule has 2 heteroatoms. The van der Waals surface area contributed by atoms with Crippen molar-refractivity contribution < 1.29 is 4.42 Å². The molecule has 0 bridgehead atoms. The Kier molecular flexibility index (Phi) is 4.87. The van der Waals surface area contributed by atoms with Crippen molar-refractivity contribution in [1.29, 1.82) is 0 Å². The van der Waals surface area contributed by atoms with E-state index in [0.29, 0.717) is 6.04 Å². The highest BCUT2D eigenvalue weighted by Gasteiger charge is 2.23. The minimum Gasteiger partial charge on any atom is -0.461 e. The number of rotatable bonds is 6. The van der Waals surface area contributed by atoms with E-state index in [1.165, 1.54) is 11.8 Å². The number of benzene rings is 1. The Balaban J connectivity index is 2.01. The fourth-order valence-corrected chi connectivity index (χ4v) is 2.61. The monoisotopic (exact) mass is 273 g/mol. The zero-order valence-corrected chi connectivity index (χ0v) is 13.2. The second-order valence-corrected chi connectivity index (χ2v) is 6.66. The number of hydrogen-bond donors (Lipinski definition) is 1. The van der Waals surface area contributed by atoms with Gasteiger partial charge in [0.25, 0.3) is 0 Å². The van der Waals surface area contributed by atoms with E-state index in [4.69, 9.17) is 4.42 Å². The molecule has 0 aliphatic heterocycles. The van der Waals surface area contributed by atoms with Gasteiger partial charge in [-0.1, -0.05) is 45.9 Å². The minimum absolute atomic E-state index is 0.279. The van der Waals surface area contributed by atoms with E-state index in [-0.39, 0.29) is 5.41 Å². The SMILES string of the molecule is CCCNC(CCc1cc2ccccc2o1)C(C)(C)C. The van der Waals surface area contributed by atoms with E-state index in [9.17, 15) is 0 Å². The van der Waals surface area contributed by atoms with E-state index < -0.39 is 0 Å². The van der Waals surface area contributed by atoms with Crippen LogP contribution in [-0.4, -0.2) is 12.6 Å². The van der Waals surface area contributed by atoms with Gasteiger partial charge < -0.3 is 9.73 Å². The van der Waals surface area contributed by atoms with Crippen LogP contribution in [0, 0.1) is 5.41 Å². The molecule has 0 saturated heterocycles. The zero-order valence-electron chi connectivity index (χ0n) is 13.2. The lowest BCUT2D eigenvalue weighted by Crippen LogP contribution is -2.41. The van der Waals surface area contributed by atoms with Gasteiger partial charge in [-0.15, -0.1) is 0 Å². The van der Waals surface area contributed by atoms with E-state index in [2.05, 4.69) is 51.2 Å². The third kappa shape index (κ3) is 3.86. The van der Waals surface area contributed by atoms with Gasteiger partial charge in [-0.2, -0.15) is 0 Å². The first kappa shape index (κ1) is 15.1.